The summed E-state index contributed by atoms with van der Waals surface area (Å²) in [7, 11) is 0. The van der Waals surface area contributed by atoms with Gasteiger partial charge < -0.3 is 14.2 Å². The van der Waals surface area contributed by atoms with Crippen LogP contribution >= 0.6 is 0 Å². The second-order valence-corrected chi connectivity index (χ2v) is 22.7. The minimum absolute atomic E-state index is 0.0650. The molecule has 0 bridgehead atoms. The number of esters is 3. The van der Waals surface area contributed by atoms with E-state index in [0.29, 0.717) is 19.3 Å². The smallest absolute Gasteiger partial charge is 0.306 e. The Balaban J connectivity index is 4.30. The Hall–Kier alpha value is -1.85. The molecule has 0 radical (unpaired) electrons. The highest BCUT2D eigenvalue weighted by Crippen LogP contribution is 2.18. The van der Waals surface area contributed by atoms with Crippen LogP contribution in [0.1, 0.15) is 380 Å². The first-order chi connectivity index (χ1) is 36.0. The normalized spacial score (nSPS) is 12.0. The number of allylic oxidation sites excluding steroid dienone is 2. The molecule has 0 rings (SSSR count). The van der Waals surface area contributed by atoms with Crippen LogP contribution in [0.15, 0.2) is 12.2 Å². The number of carbonyl (C=O) groups is 3. The van der Waals surface area contributed by atoms with Crippen molar-refractivity contribution in [1.82, 2.24) is 0 Å². The summed E-state index contributed by atoms with van der Waals surface area (Å²) >= 11 is 0. The van der Waals surface area contributed by atoms with E-state index in [1.54, 1.807) is 0 Å². The van der Waals surface area contributed by atoms with Crippen molar-refractivity contribution in [2.45, 2.75) is 386 Å². The summed E-state index contributed by atoms with van der Waals surface area (Å²) in [5.41, 5.74) is 0. The van der Waals surface area contributed by atoms with Crippen molar-refractivity contribution in [2.75, 3.05) is 13.2 Å². The molecule has 0 saturated carbocycles. The maximum absolute atomic E-state index is 12.9. The highest BCUT2D eigenvalue weighted by molar-refractivity contribution is 5.71. The van der Waals surface area contributed by atoms with Crippen LogP contribution in [0.25, 0.3) is 0 Å². The average Bonchev–Trinajstić information content (AvgIpc) is 3.39. The maximum Gasteiger partial charge on any atom is 0.306 e. The summed E-state index contributed by atoms with van der Waals surface area (Å²) in [6.45, 7) is 6.72. The van der Waals surface area contributed by atoms with Crippen LogP contribution in [0.5, 0.6) is 0 Å². The van der Waals surface area contributed by atoms with Gasteiger partial charge in [-0.15, -0.1) is 0 Å². The van der Waals surface area contributed by atoms with Crippen molar-refractivity contribution in [3.8, 4) is 0 Å². The molecule has 0 aromatic heterocycles. The van der Waals surface area contributed by atoms with Gasteiger partial charge in [0.2, 0.25) is 0 Å². The second kappa shape index (κ2) is 62.7. The zero-order chi connectivity index (χ0) is 52.9. The Labute approximate surface area is 456 Å². The van der Waals surface area contributed by atoms with Crippen molar-refractivity contribution in [1.29, 1.82) is 0 Å². The summed E-state index contributed by atoms with van der Waals surface area (Å²) in [5, 5.41) is 0. The highest BCUT2D eigenvalue weighted by atomic mass is 16.6. The third-order valence-electron chi connectivity index (χ3n) is 15.3. The monoisotopic (exact) mass is 1030 g/mol. The van der Waals surface area contributed by atoms with Crippen LogP contribution in [-0.2, 0) is 28.6 Å². The van der Waals surface area contributed by atoms with E-state index in [9.17, 15) is 14.4 Å². The summed E-state index contributed by atoms with van der Waals surface area (Å²) in [6, 6.07) is 0. The molecule has 0 spiro atoms. The van der Waals surface area contributed by atoms with Gasteiger partial charge in [0.25, 0.3) is 0 Å². The largest absolute Gasteiger partial charge is 0.462 e. The van der Waals surface area contributed by atoms with Gasteiger partial charge in [0, 0.05) is 19.3 Å². The Bertz CT molecular complexity index is 1130. The van der Waals surface area contributed by atoms with Crippen molar-refractivity contribution < 1.29 is 28.6 Å². The Morgan fingerprint density at radius 2 is 0.452 bits per heavy atom. The van der Waals surface area contributed by atoms with Gasteiger partial charge in [-0.25, -0.2) is 0 Å². The van der Waals surface area contributed by atoms with E-state index in [0.717, 1.165) is 57.8 Å². The molecule has 0 saturated heterocycles. The highest BCUT2D eigenvalue weighted by Gasteiger charge is 2.19. The average molecular weight is 1030 g/mol. The van der Waals surface area contributed by atoms with E-state index in [1.165, 1.54) is 283 Å². The fourth-order valence-corrected chi connectivity index (χ4v) is 10.3. The van der Waals surface area contributed by atoms with E-state index < -0.39 is 6.10 Å². The first kappa shape index (κ1) is 71.2. The van der Waals surface area contributed by atoms with Crippen LogP contribution in [0.2, 0.25) is 0 Å². The van der Waals surface area contributed by atoms with Gasteiger partial charge in [0.15, 0.2) is 6.10 Å². The molecule has 0 heterocycles. The van der Waals surface area contributed by atoms with Gasteiger partial charge in [-0.05, 0) is 44.9 Å². The number of rotatable bonds is 62. The molecule has 432 valence electrons. The molecule has 0 aliphatic heterocycles. The lowest BCUT2D eigenvalue weighted by Crippen LogP contribution is -2.30. The lowest BCUT2D eigenvalue weighted by atomic mass is 10.0. The predicted molar refractivity (Wildman–Crippen MR) is 317 cm³/mol. The molecule has 0 N–H and O–H groups in total. The number of hydrogen-bond donors (Lipinski definition) is 0. The number of ether oxygens (including phenoxy) is 3. The van der Waals surface area contributed by atoms with Gasteiger partial charge in [0.1, 0.15) is 13.2 Å². The van der Waals surface area contributed by atoms with Crippen LogP contribution in [0.4, 0.5) is 0 Å². The Morgan fingerprint density at radius 3 is 0.685 bits per heavy atom. The lowest BCUT2D eigenvalue weighted by molar-refractivity contribution is -0.167. The molecule has 0 aliphatic rings. The first-order valence-corrected chi connectivity index (χ1v) is 33.2. The van der Waals surface area contributed by atoms with Crippen LogP contribution in [-0.4, -0.2) is 37.2 Å². The molecule has 1 unspecified atom stereocenters. The zero-order valence-corrected chi connectivity index (χ0v) is 49.7. The molecule has 0 amide bonds. The minimum Gasteiger partial charge on any atom is -0.462 e. The second-order valence-electron chi connectivity index (χ2n) is 22.7. The lowest BCUT2D eigenvalue weighted by Gasteiger charge is -2.18. The third kappa shape index (κ3) is 60.9. The number of unbranched alkanes of at least 4 members (excludes halogenated alkanes) is 49. The molecular weight excluding hydrogens is 901 g/mol. The van der Waals surface area contributed by atoms with E-state index in [4.69, 9.17) is 14.2 Å². The predicted octanol–water partition coefficient (Wildman–Crippen LogP) is 22.4. The minimum atomic E-state index is -0.768. The van der Waals surface area contributed by atoms with Crippen molar-refractivity contribution in [2.24, 2.45) is 0 Å². The van der Waals surface area contributed by atoms with Gasteiger partial charge >= 0.3 is 17.9 Å². The van der Waals surface area contributed by atoms with Crippen molar-refractivity contribution >= 4 is 17.9 Å². The van der Waals surface area contributed by atoms with Gasteiger partial charge in [0.05, 0.1) is 0 Å². The first-order valence-electron chi connectivity index (χ1n) is 33.2. The molecular formula is C67H128O6. The van der Waals surface area contributed by atoms with E-state index in [2.05, 4.69) is 32.9 Å². The van der Waals surface area contributed by atoms with Gasteiger partial charge in [-0.1, -0.05) is 328 Å². The molecule has 0 aliphatic carbocycles. The van der Waals surface area contributed by atoms with Gasteiger partial charge in [-0.2, -0.15) is 0 Å². The molecule has 0 fully saturated rings. The van der Waals surface area contributed by atoms with Crippen molar-refractivity contribution in [3.63, 3.8) is 0 Å². The maximum atomic E-state index is 12.9. The summed E-state index contributed by atoms with van der Waals surface area (Å²) in [4.78, 5) is 38.4. The van der Waals surface area contributed by atoms with E-state index in [-0.39, 0.29) is 31.1 Å². The molecule has 6 heteroatoms. The summed E-state index contributed by atoms with van der Waals surface area (Å²) in [5.74, 6) is -0.835. The topological polar surface area (TPSA) is 78.9 Å². The fourth-order valence-electron chi connectivity index (χ4n) is 10.3. The fraction of sp³-hybridized carbons (Fsp3) is 0.925. The van der Waals surface area contributed by atoms with E-state index >= 15 is 0 Å². The quantitative estimate of drug-likeness (QED) is 0.0261. The molecule has 0 aromatic carbocycles. The Kier molecular flexibility index (Phi) is 61.1. The standard InChI is InChI=1S/C67H128O6/c1-4-7-10-13-16-19-22-25-28-31-34-37-39-42-45-48-51-54-57-60-66(69)72-63-64(73-67(70)61-58-55-52-49-46-43-40-36-33-30-27-24-21-18-15-12-9-6-3)62-71-65(68)59-56-53-50-47-44-41-38-35-32-29-26-23-20-17-14-11-8-5-2/h30,33,64H,4-29,31-32,34-63H2,1-3H3/b33-30-. The summed E-state index contributed by atoms with van der Waals surface area (Å²) < 4.78 is 17.0. The Morgan fingerprint density at radius 1 is 0.260 bits per heavy atom. The molecule has 6 nitrogen and oxygen atoms in total. The number of hydrogen-bond acceptors (Lipinski definition) is 6. The SMILES string of the molecule is CCCCCCCCC/C=C\CCCCCCCCCC(=O)OC(COC(=O)CCCCCCCCCCCCCCCCCCCC)COC(=O)CCCCCCCCCCCCCCCCCCCCC. The molecule has 0 aromatic rings. The molecule has 73 heavy (non-hydrogen) atoms. The third-order valence-corrected chi connectivity index (χ3v) is 15.3. The van der Waals surface area contributed by atoms with Crippen LogP contribution < -0.4 is 0 Å². The van der Waals surface area contributed by atoms with Crippen molar-refractivity contribution in [3.05, 3.63) is 12.2 Å². The van der Waals surface area contributed by atoms with E-state index in [1.807, 2.05) is 0 Å². The zero-order valence-electron chi connectivity index (χ0n) is 49.7. The van der Waals surface area contributed by atoms with Gasteiger partial charge in [-0.3, -0.25) is 14.4 Å². The van der Waals surface area contributed by atoms with Crippen LogP contribution in [0.3, 0.4) is 0 Å². The summed E-state index contributed by atoms with van der Waals surface area (Å²) in [6.07, 6.45) is 73.6. The van der Waals surface area contributed by atoms with Crippen LogP contribution in [0, 0.1) is 0 Å². The molecule has 1 atom stereocenters. The number of carbonyl (C=O) groups excluding carboxylic acids is 3.